The topological polar surface area (TPSA) is 3.24 Å². The summed E-state index contributed by atoms with van der Waals surface area (Å²) in [5.41, 5.74) is 6.05. The SMILES string of the molecule is CCCN(CCC)[C@H]1CCc2cccc(-c3ccsc3)c2C1. The van der Waals surface area contributed by atoms with Crippen molar-refractivity contribution in [1.82, 2.24) is 4.90 Å². The van der Waals surface area contributed by atoms with Crippen molar-refractivity contribution in [3.05, 3.63) is 46.2 Å². The Bertz CT molecular complexity index is 582. The van der Waals surface area contributed by atoms with Gasteiger partial charge in [0, 0.05) is 6.04 Å². The first-order chi connectivity index (χ1) is 10.8. The molecule has 22 heavy (non-hydrogen) atoms. The van der Waals surface area contributed by atoms with Crippen LogP contribution in [0.4, 0.5) is 0 Å². The van der Waals surface area contributed by atoms with Gasteiger partial charge in [0.05, 0.1) is 0 Å². The van der Waals surface area contributed by atoms with Gasteiger partial charge >= 0.3 is 0 Å². The van der Waals surface area contributed by atoms with E-state index in [9.17, 15) is 0 Å². The zero-order valence-corrected chi connectivity index (χ0v) is 14.7. The van der Waals surface area contributed by atoms with Gasteiger partial charge in [-0.2, -0.15) is 11.3 Å². The molecule has 1 aromatic heterocycles. The Morgan fingerprint density at radius 2 is 1.95 bits per heavy atom. The molecule has 118 valence electrons. The van der Waals surface area contributed by atoms with Crippen LogP contribution in [-0.2, 0) is 12.8 Å². The van der Waals surface area contributed by atoms with Crippen LogP contribution in [-0.4, -0.2) is 24.0 Å². The number of hydrogen-bond donors (Lipinski definition) is 0. The van der Waals surface area contributed by atoms with E-state index < -0.39 is 0 Å². The predicted octanol–water partition coefficient (Wildman–Crippen LogP) is 5.39. The van der Waals surface area contributed by atoms with Gasteiger partial charge in [-0.05, 0) is 84.3 Å². The second-order valence-corrected chi connectivity index (χ2v) is 7.17. The first kappa shape index (κ1) is 15.8. The summed E-state index contributed by atoms with van der Waals surface area (Å²) in [7, 11) is 0. The van der Waals surface area contributed by atoms with Gasteiger partial charge in [-0.25, -0.2) is 0 Å². The average Bonchev–Trinajstić information content (AvgIpc) is 3.08. The number of aryl methyl sites for hydroxylation is 1. The van der Waals surface area contributed by atoms with E-state index in [1.54, 1.807) is 22.5 Å². The van der Waals surface area contributed by atoms with Gasteiger partial charge in [-0.3, -0.25) is 0 Å². The highest BCUT2D eigenvalue weighted by Gasteiger charge is 2.25. The fourth-order valence-electron chi connectivity index (χ4n) is 3.82. The molecule has 1 aliphatic rings. The Morgan fingerprint density at radius 1 is 1.14 bits per heavy atom. The van der Waals surface area contributed by atoms with Crippen LogP contribution < -0.4 is 0 Å². The van der Waals surface area contributed by atoms with Crippen LogP contribution in [0.5, 0.6) is 0 Å². The van der Waals surface area contributed by atoms with Crippen LogP contribution in [0.15, 0.2) is 35.0 Å². The lowest BCUT2D eigenvalue weighted by Crippen LogP contribution is -2.40. The molecule has 1 heterocycles. The largest absolute Gasteiger partial charge is 0.300 e. The molecule has 0 radical (unpaired) electrons. The molecule has 0 saturated carbocycles. The number of fused-ring (bicyclic) bond motifs is 1. The lowest BCUT2D eigenvalue weighted by atomic mass is 9.83. The van der Waals surface area contributed by atoms with E-state index in [0.717, 1.165) is 6.04 Å². The van der Waals surface area contributed by atoms with E-state index in [2.05, 4.69) is 53.8 Å². The highest BCUT2D eigenvalue weighted by Crippen LogP contribution is 2.34. The Balaban J connectivity index is 1.88. The molecule has 0 fully saturated rings. The molecule has 0 aliphatic heterocycles. The summed E-state index contributed by atoms with van der Waals surface area (Å²) < 4.78 is 0. The molecule has 0 spiro atoms. The maximum absolute atomic E-state index is 2.73. The van der Waals surface area contributed by atoms with Crippen molar-refractivity contribution in [2.24, 2.45) is 0 Å². The molecule has 2 heteroatoms. The molecule has 0 amide bonds. The van der Waals surface area contributed by atoms with Gasteiger partial charge < -0.3 is 4.90 Å². The van der Waals surface area contributed by atoms with Crippen molar-refractivity contribution in [3.63, 3.8) is 0 Å². The Kier molecular flexibility index (Phi) is 5.32. The minimum absolute atomic E-state index is 0.729. The zero-order chi connectivity index (χ0) is 15.4. The number of hydrogen-bond acceptors (Lipinski definition) is 2. The molecule has 0 N–H and O–H groups in total. The predicted molar refractivity (Wildman–Crippen MR) is 97.7 cm³/mol. The number of nitrogens with zero attached hydrogens (tertiary/aromatic N) is 1. The fourth-order valence-corrected chi connectivity index (χ4v) is 4.48. The monoisotopic (exact) mass is 313 g/mol. The quantitative estimate of drug-likeness (QED) is 0.690. The molecule has 0 unspecified atom stereocenters. The molecule has 3 rings (SSSR count). The van der Waals surface area contributed by atoms with Gasteiger partial charge in [-0.15, -0.1) is 0 Å². The first-order valence-corrected chi connectivity index (χ1v) is 9.65. The Hall–Kier alpha value is -1.12. The van der Waals surface area contributed by atoms with Crippen LogP contribution in [0.1, 0.15) is 44.2 Å². The van der Waals surface area contributed by atoms with Crippen molar-refractivity contribution >= 4 is 11.3 Å². The van der Waals surface area contributed by atoms with Gasteiger partial charge in [0.1, 0.15) is 0 Å². The first-order valence-electron chi connectivity index (χ1n) is 8.70. The molecule has 1 aliphatic carbocycles. The molecule has 0 bridgehead atoms. The third-order valence-electron chi connectivity index (χ3n) is 4.83. The third kappa shape index (κ3) is 3.28. The van der Waals surface area contributed by atoms with Gasteiger partial charge in [-0.1, -0.05) is 32.0 Å². The van der Waals surface area contributed by atoms with Crippen LogP contribution in [0, 0.1) is 0 Å². The molecule has 1 atom stereocenters. The fraction of sp³-hybridized carbons (Fsp3) is 0.500. The molecule has 0 saturated heterocycles. The summed E-state index contributed by atoms with van der Waals surface area (Å²) in [6.07, 6.45) is 6.30. The molecule has 2 aromatic rings. The smallest absolute Gasteiger partial charge is 0.0139 e. The summed E-state index contributed by atoms with van der Waals surface area (Å²) >= 11 is 1.80. The summed E-state index contributed by atoms with van der Waals surface area (Å²) in [5.74, 6) is 0. The average molecular weight is 314 g/mol. The minimum atomic E-state index is 0.729. The maximum atomic E-state index is 2.73. The van der Waals surface area contributed by atoms with Crippen LogP contribution in [0.3, 0.4) is 0 Å². The number of thiophene rings is 1. The van der Waals surface area contributed by atoms with Crippen molar-refractivity contribution in [2.75, 3.05) is 13.1 Å². The highest BCUT2D eigenvalue weighted by molar-refractivity contribution is 7.08. The van der Waals surface area contributed by atoms with E-state index >= 15 is 0 Å². The number of rotatable bonds is 6. The van der Waals surface area contributed by atoms with E-state index in [1.165, 1.54) is 56.3 Å². The van der Waals surface area contributed by atoms with E-state index in [4.69, 9.17) is 0 Å². The Labute approximate surface area is 139 Å². The van der Waals surface area contributed by atoms with E-state index in [1.807, 2.05) is 0 Å². The van der Waals surface area contributed by atoms with Crippen LogP contribution in [0.25, 0.3) is 11.1 Å². The van der Waals surface area contributed by atoms with Crippen LogP contribution in [0.2, 0.25) is 0 Å². The van der Waals surface area contributed by atoms with Crippen molar-refractivity contribution in [2.45, 2.75) is 52.0 Å². The summed E-state index contributed by atoms with van der Waals surface area (Å²) in [6, 6.07) is 9.88. The van der Waals surface area contributed by atoms with Gasteiger partial charge in [0.2, 0.25) is 0 Å². The molecular formula is C20H27NS. The van der Waals surface area contributed by atoms with Crippen molar-refractivity contribution < 1.29 is 0 Å². The summed E-state index contributed by atoms with van der Waals surface area (Å²) in [6.45, 7) is 7.09. The molecular weight excluding hydrogens is 286 g/mol. The van der Waals surface area contributed by atoms with E-state index in [0.29, 0.717) is 0 Å². The standard InChI is InChI=1S/C20H27NS/c1-3-11-21(12-4-2)18-9-8-16-6-5-7-19(20(16)14-18)17-10-13-22-15-17/h5-7,10,13,15,18H,3-4,8-9,11-12,14H2,1-2H3/t18-/m0/s1. The zero-order valence-electron chi connectivity index (χ0n) is 13.8. The van der Waals surface area contributed by atoms with E-state index in [-0.39, 0.29) is 0 Å². The minimum Gasteiger partial charge on any atom is -0.300 e. The number of benzene rings is 1. The lowest BCUT2D eigenvalue weighted by Gasteiger charge is -2.35. The third-order valence-corrected chi connectivity index (χ3v) is 5.51. The normalized spacial score (nSPS) is 17.7. The van der Waals surface area contributed by atoms with Crippen LogP contribution >= 0.6 is 11.3 Å². The van der Waals surface area contributed by atoms with Gasteiger partial charge in [0.25, 0.3) is 0 Å². The van der Waals surface area contributed by atoms with Gasteiger partial charge in [0.15, 0.2) is 0 Å². The Morgan fingerprint density at radius 3 is 2.64 bits per heavy atom. The second kappa shape index (κ2) is 7.43. The highest BCUT2D eigenvalue weighted by atomic mass is 32.1. The second-order valence-electron chi connectivity index (χ2n) is 6.39. The lowest BCUT2D eigenvalue weighted by molar-refractivity contribution is 0.180. The van der Waals surface area contributed by atoms with Crippen molar-refractivity contribution in [3.8, 4) is 11.1 Å². The molecule has 1 nitrogen and oxygen atoms in total. The van der Waals surface area contributed by atoms with Crippen molar-refractivity contribution in [1.29, 1.82) is 0 Å². The maximum Gasteiger partial charge on any atom is 0.0139 e. The summed E-state index contributed by atoms with van der Waals surface area (Å²) in [4.78, 5) is 2.73. The summed E-state index contributed by atoms with van der Waals surface area (Å²) in [5, 5.41) is 4.48. The molecule has 1 aromatic carbocycles.